The van der Waals surface area contributed by atoms with Gasteiger partial charge in [-0.3, -0.25) is 4.79 Å². The number of amides is 1. The van der Waals surface area contributed by atoms with E-state index < -0.39 is 0 Å². The molecule has 1 N–H and O–H groups in total. The van der Waals surface area contributed by atoms with Crippen molar-refractivity contribution in [1.29, 1.82) is 5.26 Å². The lowest BCUT2D eigenvalue weighted by molar-refractivity contribution is -0.118. The van der Waals surface area contributed by atoms with Gasteiger partial charge >= 0.3 is 0 Å². The molecule has 1 heterocycles. The molecule has 0 bridgehead atoms. The highest BCUT2D eigenvalue weighted by atomic mass is 32.1. The summed E-state index contributed by atoms with van der Waals surface area (Å²) in [7, 11) is 0. The van der Waals surface area contributed by atoms with Gasteiger partial charge in [0.05, 0.1) is 5.56 Å². The molecule has 0 atom stereocenters. The molecular weight excluding hydrogens is 332 g/mol. The Morgan fingerprint density at radius 1 is 1.08 bits per heavy atom. The maximum Gasteiger partial charge on any atom is 0.262 e. The van der Waals surface area contributed by atoms with Crippen molar-refractivity contribution >= 4 is 22.2 Å². The van der Waals surface area contributed by atoms with E-state index in [9.17, 15) is 4.79 Å². The number of hydrogen-bond acceptors (Lipinski definition) is 4. The van der Waals surface area contributed by atoms with Gasteiger partial charge < -0.3 is 10.1 Å². The Morgan fingerprint density at radius 2 is 1.84 bits per heavy atom. The maximum absolute atomic E-state index is 12.1. The summed E-state index contributed by atoms with van der Waals surface area (Å²) in [4.78, 5) is 12.1. The van der Waals surface area contributed by atoms with Crippen molar-refractivity contribution in [3.63, 3.8) is 0 Å². The molecule has 25 heavy (non-hydrogen) atoms. The second-order valence-corrected chi connectivity index (χ2v) is 6.30. The second kappa shape index (κ2) is 8.13. The Labute approximate surface area is 150 Å². The van der Waals surface area contributed by atoms with Gasteiger partial charge in [0.25, 0.3) is 5.91 Å². The molecule has 1 amide bonds. The first-order chi connectivity index (χ1) is 12.3. The Balaban J connectivity index is 1.63. The van der Waals surface area contributed by atoms with E-state index in [1.807, 2.05) is 48.5 Å². The molecule has 1 aromatic heterocycles. The summed E-state index contributed by atoms with van der Waals surface area (Å²) < 4.78 is 5.70. The molecule has 0 spiro atoms. The summed E-state index contributed by atoms with van der Waals surface area (Å²) in [6.07, 6.45) is 0.738. The summed E-state index contributed by atoms with van der Waals surface area (Å²) in [6, 6.07) is 21.5. The summed E-state index contributed by atoms with van der Waals surface area (Å²) in [5.41, 5.74) is 2.67. The molecule has 0 aliphatic carbocycles. The average Bonchev–Trinajstić information content (AvgIpc) is 3.09. The first-order valence-electron chi connectivity index (χ1n) is 7.78. The van der Waals surface area contributed by atoms with Gasteiger partial charge in [-0.05, 0) is 28.6 Å². The van der Waals surface area contributed by atoms with Crippen LogP contribution in [0.25, 0.3) is 0 Å². The Hall–Kier alpha value is -3.10. The van der Waals surface area contributed by atoms with E-state index in [2.05, 4.69) is 17.4 Å². The lowest BCUT2D eigenvalue weighted by Crippen LogP contribution is -2.20. The van der Waals surface area contributed by atoms with Crippen molar-refractivity contribution in [2.24, 2.45) is 0 Å². The second-order valence-electron chi connectivity index (χ2n) is 5.38. The van der Waals surface area contributed by atoms with E-state index in [-0.39, 0.29) is 12.5 Å². The third-order valence-corrected chi connectivity index (χ3v) is 4.44. The van der Waals surface area contributed by atoms with Crippen molar-refractivity contribution < 1.29 is 9.53 Å². The van der Waals surface area contributed by atoms with Gasteiger partial charge in [0.1, 0.15) is 16.8 Å². The first kappa shape index (κ1) is 16.7. The molecular formula is C20H16N2O2S. The monoisotopic (exact) mass is 348 g/mol. The minimum Gasteiger partial charge on any atom is -0.483 e. The van der Waals surface area contributed by atoms with Crippen LogP contribution in [0.4, 0.5) is 5.00 Å². The Morgan fingerprint density at radius 3 is 2.64 bits per heavy atom. The number of benzene rings is 2. The van der Waals surface area contributed by atoms with E-state index in [0.29, 0.717) is 16.3 Å². The van der Waals surface area contributed by atoms with Crippen molar-refractivity contribution in [1.82, 2.24) is 0 Å². The minimum atomic E-state index is -0.284. The van der Waals surface area contributed by atoms with Gasteiger partial charge in [-0.15, -0.1) is 11.3 Å². The number of carbonyl (C=O) groups is 1. The lowest BCUT2D eigenvalue weighted by Gasteiger charge is -2.11. The fourth-order valence-corrected chi connectivity index (χ4v) is 3.16. The van der Waals surface area contributed by atoms with Gasteiger partial charge in [0, 0.05) is 6.42 Å². The molecule has 0 aliphatic heterocycles. The highest BCUT2D eigenvalue weighted by molar-refractivity contribution is 7.14. The zero-order valence-electron chi connectivity index (χ0n) is 13.4. The molecule has 0 saturated carbocycles. The number of hydrogen-bond donors (Lipinski definition) is 1. The highest BCUT2D eigenvalue weighted by Gasteiger charge is 2.10. The third-order valence-electron chi connectivity index (χ3n) is 3.61. The van der Waals surface area contributed by atoms with Crippen LogP contribution in [-0.4, -0.2) is 12.5 Å². The molecule has 2 aromatic carbocycles. The molecule has 5 heteroatoms. The maximum atomic E-state index is 12.1. The number of rotatable bonds is 6. The molecule has 0 saturated heterocycles. The number of thiophene rings is 1. The van der Waals surface area contributed by atoms with Crippen LogP contribution in [0, 0.1) is 11.3 Å². The molecule has 0 fully saturated rings. The van der Waals surface area contributed by atoms with E-state index in [4.69, 9.17) is 10.00 Å². The van der Waals surface area contributed by atoms with E-state index in [1.165, 1.54) is 16.9 Å². The molecule has 0 radical (unpaired) electrons. The summed E-state index contributed by atoms with van der Waals surface area (Å²) in [5.74, 6) is 0.404. The summed E-state index contributed by atoms with van der Waals surface area (Å²) in [6.45, 7) is -0.103. The van der Waals surface area contributed by atoms with Gasteiger partial charge in [-0.25, -0.2) is 0 Å². The molecule has 124 valence electrons. The highest BCUT2D eigenvalue weighted by Crippen LogP contribution is 2.23. The van der Waals surface area contributed by atoms with Crippen LogP contribution >= 0.6 is 11.3 Å². The standard InChI is InChI=1S/C20H16N2O2S/c21-13-17-10-11-25-20(17)22-19(23)14-24-18-9-5-4-8-16(18)12-15-6-2-1-3-7-15/h1-11H,12,14H2,(H,22,23). The van der Waals surface area contributed by atoms with Gasteiger partial charge in [0.2, 0.25) is 0 Å². The topological polar surface area (TPSA) is 62.1 Å². The van der Waals surface area contributed by atoms with Crippen molar-refractivity contribution in [2.75, 3.05) is 11.9 Å². The quantitative estimate of drug-likeness (QED) is 0.725. The van der Waals surface area contributed by atoms with Crippen LogP contribution in [-0.2, 0) is 11.2 Å². The SMILES string of the molecule is N#Cc1ccsc1NC(=O)COc1ccccc1Cc1ccccc1. The van der Waals surface area contributed by atoms with E-state index in [0.717, 1.165) is 12.0 Å². The number of anilines is 1. The van der Waals surface area contributed by atoms with Crippen LogP contribution in [0.5, 0.6) is 5.75 Å². The summed E-state index contributed by atoms with van der Waals surface area (Å²) >= 11 is 1.32. The molecule has 3 rings (SSSR count). The van der Waals surface area contributed by atoms with Gasteiger partial charge in [-0.2, -0.15) is 5.26 Å². The number of ether oxygens (including phenoxy) is 1. The number of carbonyl (C=O) groups excluding carboxylic acids is 1. The normalized spacial score (nSPS) is 10.0. The molecule has 0 aliphatic rings. The zero-order valence-corrected chi connectivity index (χ0v) is 14.3. The van der Waals surface area contributed by atoms with Gasteiger partial charge in [-0.1, -0.05) is 48.5 Å². The van der Waals surface area contributed by atoms with E-state index >= 15 is 0 Å². The predicted molar refractivity (Wildman–Crippen MR) is 98.8 cm³/mol. The van der Waals surface area contributed by atoms with Crippen LogP contribution in [0.1, 0.15) is 16.7 Å². The van der Waals surface area contributed by atoms with E-state index in [1.54, 1.807) is 11.4 Å². The van der Waals surface area contributed by atoms with Crippen LogP contribution in [0.3, 0.4) is 0 Å². The van der Waals surface area contributed by atoms with Crippen molar-refractivity contribution in [3.8, 4) is 11.8 Å². The predicted octanol–water partition coefficient (Wildman–Crippen LogP) is 4.23. The van der Waals surface area contributed by atoms with Crippen LogP contribution in [0.2, 0.25) is 0 Å². The van der Waals surface area contributed by atoms with Crippen molar-refractivity contribution in [2.45, 2.75) is 6.42 Å². The smallest absolute Gasteiger partial charge is 0.262 e. The Bertz CT molecular complexity index is 897. The number of nitrogens with zero attached hydrogens (tertiary/aromatic N) is 1. The van der Waals surface area contributed by atoms with Gasteiger partial charge in [0.15, 0.2) is 6.61 Å². The van der Waals surface area contributed by atoms with Crippen LogP contribution in [0.15, 0.2) is 66.0 Å². The van der Waals surface area contributed by atoms with Crippen LogP contribution < -0.4 is 10.1 Å². The largest absolute Gasteiger partial charge is 0.483 e. The fraction of sp³-hybridized carbons (Fsp3) is 0.100. The first-order valence-corrected chi connectivity index (χ1v) is 8.66. The minimum absolute atomic E-state index is 0.103. The number of nitrogens with one attached hydrogen (secondary N) is 1. The lowest BCUT2D eigenvalue weighted by atomic mass is 10.0. The molecule has 4 nitrogen and oxygen atoms in total. The average molecular weight is 348 g/mol. The zero-order chi connectivity index (χ0) is 17.5. The number of para-hydroxylation sites is 1. The molecule has 3 aromatic rings. The third kappa shape index (κ3) is 4.46. The number of nitriles is 1. The van der Waals surface area contributed by atoms with Crippen molar-refractivity contribution in [3.05, 3.63) is 82.7 Å². The molecule has 0 unspecified atom stereocenters. The summed E-state index contributed by atoms with van der Waals surface area (Å²) in [5, 5.41) is 14.0. The fourth-order valence-electron chi connectivity index (χ4n) is 2.41. The Kier molecular flexibility index (Phi) is 5.45.